The van der Waals surface area contributed by atoms with Crippen molar-refractivity contribution in [3.8, 4) is 0 Å². The molecule has 0 radical (unpaired) electrons. The molecule has 0 fully saturated rings. The van der Waals surface area contributed by atoms with Crippen molar-refractivity contribution in [1.29, 1.82) is 5.39 Å². The van der Waals surface area contributed by atoms with Crippen molar-refractivity contribution in [2.24, 2.45) is 0 Å². The van der Waals surface area contributed by atoms with Crippen LogP contribution in [0.25, 0.3) is 16.8 Å². The number of aliphatic hydroxyl groups is 1. The fourth-order valence-electron chi connectivity index (χ4n) is 1.61. The second kappa shape index (κ2) is 7.74. The van der Waals surface area contributed by atoms with E-state index >= 15 is 0 Å². The zero-order valence-corrected chi connectivity index (χ0v) is 11.5. The molecule has 1 N–H and O–H groups in total. The predicted molar refractivity (Wildman–Crippen MR) is 77.0 cm³/mol. The number of hydrogen-bond donors (Lipinski definition) is 1. The van der Waals surface area contributed by atoms with Gasteiger partial charge >= 0.3 is 11.7 Å². The van der Waals surface area contributed by atoms with Crippen LogP contribution < -0.4 is 0 Å². The SMILES string of the molecule is CC/C=C/c1ccccc1/C(O)=C(\[N+]#N)C(=O)OCC. The Morgan fingerprint density at radius 1 is 1.40 bits per heavy atom. The van der Waals surface area contributed by atoms with Gasteiger partial charge < -0.3 is 9.84 Å². The number of allylic oxidation sites excluding steroid dienone is 1. The van der Waals surface area contributed by atoms with Gasteiger partial charge in [-0.25, -0.2) is 4.79 Å². The van der Waals surface area contributed by atoms with Gasteiger partial charge in [-0.2, -0.15) is 0 Å². The second-order valence-electron chi connectivity index (χ2n) is 3.92. The Morgan fingerprint density at radius 2 is 2.10 bits per heavy atom. The van der Waals surface area contributed by atoms with Crippen LogP contribution in [-0.2, 0) is 9.53 Å². The zero-order valence-electron chi connectivity index (χ0n) is 11.5. The van der Waals surface area contributed by atoms with Crippen LogP contribution in [0.5, 0.6) is 0 Å². The summed E-state index contributed by atoms with van der Waals surface area (Å²) in [7, 11) is 0. The Kier molecular flexibility index (Phi) is 5.98. The lowest BCUT2D eigenvalue weighted by Gasteiger charge is -2.03. The molecule has 1 rings (SSSR count). The summed E-state index contributed by atoms with van der Waals surface area (Å²) in [6, 6.07) is 6.95. The van der Waals surface area contributed by atoms with Crippen molar-refractivity contribution in [2.75, 3.05) is 6.61 Å². The third kappa shape index (κ3) is 3.69. The van der Waals surface area contributed by atoms with Crippen LogP contribution in [0.15, 0.2) is 36.0 Å². The van der Waals surface area contributed by atoms with Crippen LogP contribution in [0.3, 0.4) is 0 Å². The average Bonchev–Trinajstić information content (AvgIpc) is 2.46. The summed E-state index contributed by atoms with van der Waals surface area (Å²) in [6.45, 7) is 3.74. The fourth-order valence-corrected chi connectivity index (χ4v) is 1.61. The van der Waals surface area contributed by atoms with E-state index in [9.17, 15) is 9.90 Å². The summed E-state index contributed by atoms with van der Waals surface area (Å²) in [5.41, 5.74) is 0.611. The first-order valence-corrected chi connectivity index (χ1v) is 6.37. The van der Waals surface area contributed by atoms with E-state index < -0.39 is 17.4 Å². The monoisotopic (exact) mass is 273 g/mol. The number of carbonyl (C=O) groups excluding carboxylic acids is 1. The maximum atomic E-state index is 11.6. The van der Waals surface area contributed by atoms with Gasteiger partial charge in [-0.1, -0.05) is 43.3 Å². The van der Waals surface area contributed by atoms with E-state index in [1.165, 1.54) is 0 Å². The fraction of sp³-hybridized carbons (Fsp3) is 0.267. The molecular weight excluding hydrogens is 256 g/mol. The molecule has 5 nitrogen and oxygen atoms in total. The van der Waals surface area contributed by atoms with Crippen molar-refractivity contribution in [3.63, 3.8) is 0 Å². The topological polar surface area (TPSA) is 74.7 Å². The number of ether oxygens (including phenoxy) is 1. The molecule has 1 aromatic rings. The van der Waals surface area contributed by atoms with Crippen molar-refractivity contribution in [2.45, 2.75) is 20.3 Å². The van der Waals surface area contributed by atoms with E-state index in [2.05, 4.69) is 4.98 Å². The molecule has 0 atom stereocenters. The summed E-state index contributed by atoms with van der Waals surface area (Å²) in [5, 5.41) is 19.1. The highest BCUT2D eigenvalue weighted by atomic mass is 16.5. The largest absolute Gasteiger partial charge is 0.510 e. The molecule has 1 aromatic carbocycles. The van der Waals surface area contributed by atoms with Gasteiger partial charge in [-0.15, -0.1) is 0 Å². The van der Waals surface area contributed by atoms with Crippen molar-refractivity contribution >= 4 is 17.8 Å². The van der Waals surface area contributed by atoms with Crippen LogP contribution in [0, 0.1) is 5.39 Å². The number of aliphatic hydroxyl groups excluding tert-OH is 1. The van der Waals surface area contributed by atoms with Gasteiger partial charge in [-0.05, 0) is 18.9 Å². The third-order valence-electron chi connectivity index (χ3n) is 2.54. The smallest absolute Gasteiger partial charge is 0.501 e. The molecular formula is C15H17N2O3+. The average molecular weight is 273 g/mol. The maximum absolute atomic E-state index is 11.6. The minimum absolute atomic E-state index is 0.127. The molecule has 20 heavy (non-hydrogen) atoms. The lowest BCUT2D eigenvalue weighted by molar-refractivity contribution is -0.138. The number of nitrogens with zero attached hydrogens (tertiary/aromatic N) is 2. The molecule has 0 saturated carbocycles. The minimum Gasteiger partial charge on any atom is -0.501 e. The molecule has 0 aromatic heterocycles. The number of rotatable bonds is 5. The molecule has 104 valence electrons. The number of benzene rings is 1. The van der Waals surface area contributed by atoms with E-state index in [1.54, 1.807) is 25.1 Å². The molecule has 0 heterocycles. The van der Waals surface area contributed by atoms with Gasteiger partial charge in [0, 0.05) is 5.56 Å². The molecule has 5 heteroatoms. The van der Waals surface area contributed by atoms with Gasteiger partial charge in [0.25, 0.3) is 0 Å². The Balaban J connectivity index is 3.31. The molecule has 0 amide bonds. The lowest BCUT2D eigenvalue weighted by Crippen LogP contribution is -2.08. The first kappa shape index (κ1) is 15.4. The highest BCUT2D eigenvalue weighted by Gasteiger charge is 2.32. The Hall–Kier alpha value is -2.61. The first-order chi connectivity index (χ1) is 9.65. The number of diazo groups is 1. The quantitative estimate of drug-likeness (QED) is 0.383. The summed E-state index contributed by atoms with van der Waals surface area (Å²) in [6.07, 6.45) is 4.59. The van der Waals surface area contributed by atoms with Crippen molar-refractivity contribution in [1.82, 2.24) is 0 Å². The lowest BCUT2D eigenvalue weighted by atomic mass is 10.0. The van der Waals surface area contributed by atoms with E-state index in [-0.39, 0.29) is 6.61 Å². The number of hydrogen-bond acceptors (Lipinski definition) is 4. The maximum Gasteiger partial charge on any atom is 0.510 e. The molecule has 0 bridgehead atoms. The number of esters is 1. The Bertz CT molecular complexity index is 583. The summed E-state index contributed by atoms with van der Waals surface area (Å²) >= 11 is 0. The zero-order chi connectivity index (χ0) is 15.0. The van der Waals surface area contributed by atoms with Gasteiger partial charge in [0.15, 0.2) is 4.98 Å². The van der Waals surface area contributed by atoms with E-state index in [0.717, 1.165) is 12.0 Å². The third-order valence-corrected chi connectivity index (χ3v) is 2.54. The van der Waals surface area contributed by atoms with Gasteiger partial charge in [0.2, 0.25) is 11.2 Å². The van der Waals surface area contributed by atoms with E-state index in [0.29, 0.717) is 5.56 Å². The van der Waals surface area contributed by atoms with E-state index in [4.69, 9.17) is 10.1 Å². The predicted octanol–water partition coefficient (Wildman–Crippen LogP) is 3.75. The van der Waals surface area contributed by atoms with Crippen molar-refractivity contribution in [3.05, 3.63) is 52.1 Å². The Morgan fingerprint density at radius 3 is 2.70 bits per heavy atom. The van der Waals surface area contributed by atoms with Crippen LogP contribution >= 0.6 is 0 Å². The summed E-state index contributed by atoms with van der Waals surface area (Å²) in [4.78, 5) is 14.4. The molecule has 0 unspecified atom stereocenters. The second-order valence-corrected chi connectivity index (χ2v) is 3.92. The standard InChI is InChI=1S/C15H16N2O3/c1-3-5-8-11-9-6-7-10-12(11)14(18)13(17-16)15(19)20-4-2/h5-10H,3-4H2,1-2H3/p+1/b8-5+. The first-order valence-electron chi connectivity index (χ1n) is 6.37. The highest BCUT2D eigenvalue weighted by Crippen LogP contribution is 2.23. The van der Waals surface area contributed by atoms with Gasteiger partial charge in [0.1, 0.15) is 0 Å². The van der Waals surface area contributed by atoms with Crippen LogP contribution in [0.4, 0.5) is 0 Å². The molecule has 0 spiro atoms. The van der Waals surface area contributed by atoms with E-state index in [1.807, 2.05) is 25.1 Å². The van der Waals surface area contributed by atoms with Crippen LogP contribution in [0.2, 0.25) is 0 Å². The van der Waals surface area contributed by atoms with Gasteiger partial charge in [0.05, 0.1) is 6.61 Å². The molecule has 0 aliphatic carbocycles. The number of carbonyl (C=O) groups is 1. The molecule has 0 aliphatic heterocycles. The van der Waals surface area contributed by atoms with Crippen LogP contribution in [-0.4, -0.2) is 17.7 Å². The summed E-state index contributed by atoms with van der Waals surface area (Å²) in [5.74, 6) is -1.29. The summed E-state index contributed by atoms with van der Waals surface area (Å²) < 4.78 is 4.73. The highest BCUT2D eigenvalue weighted by molar-refractivity contribution is 5.98. The Labute approximate surface area is 117 Å². The molecule has 0 aliphatic rings. The van der Waals surface area contributed by atoms with Gasteiger partial charge in [-0.3, -0.25) is 0 Å². The van der Waals surface area contributed by atoms with Crippen LogP contribution in [0.1, 0.15) is 31.4 Å². The normalized spacial score (nSPS) is 11.8. The van der Waals surface area contributed by atoms with Crippen molar-refractivity contribution < 1.29 is 14.6 Å². The molecule has 0 saturated heterocycles. The minimum atomic E-state index is -0.873.